The number of fused-ring (bicyclic) bond motifs is 2. The van der Waals surface area contributed by atoms with E-state index in [-0.39, 0.29) is 5.91 Å². The molecule has 1 N–H and O–H groups in total. The number of nitrogens with one attached hydrogen (secondary N) is 1. The summed E-state index contributed by atoms with van der Waals surface area (Å²) >= 11 is 1.42. The van der Waals surface area contributed by atoms with Crippen LogP contribution in [0.2, 0.25) is 0 Å². The molecule has 0 radical (unpaired) electrons. The van der Waals surface area contributed by atoms with Crippen molar-refractivity contribution in [3.8, 4) is 17.0 Å². The Bertz CT molecular complexity index is 1160. The summed E-state index contributed by atoms with van der Waals surface area (Å²) in [6.07, 6.45) is 2.64. The van der Waals surface area contributed by atoms with E-state index in [0.29, 0.717) is 10.7 Å². The number of carbonyl (C=O) groups is 1. The van der Waals surface area contributed by atoms with Crippen LogP contribution in [0, 0.1) is 0 Å². The molecule has 1 aliphatic rings. The van der Waals surface area contributed by atoms with Gasteiger partial charge in [0.25, 0.3) is 5.91 Å². The molecular formula is C21H15N3O2S. The summed E-state index contributed by atoms with van der Waals surface area (Å²) < 4.78 is 5.55. The Morgan fingerprint density at radius 2 is 2.11 bits per heavy atom. The van der Waals surface area contributed by atoms with Gasteiger partial charge in [-0.2, -0.15) is 0 Å². The van der Waals surface area contributed by atoms with Crippen molar-refractivity contribution >= 4 is 33.3 Å². The maximum absolute atomic E-state index is 12.7. The fourth-order valence-corrected chi connectivity index (χ4v) is 3.99. The van der Waals surface area contributed by atoms with Crippen LogP contribution in [0.3, 0.4) is 0 Å². The van der Waals surface area contributed by atoms with Crippen molar-refractivity contribution in [1.29, 1.82) is 0 Å². The summed E-state index contributed by atoms with van der Waals surface area (Å²) in [5.41, 5.74) is 4.47. The van der Waals surface area contributed by atoms with E-state index in [1.54, 1.807) is 12.3 Å². The van der Waals surface area contributed by atoms with Crippen molar-refractivity contribution in [2.75, 3.05) is 11.9 Å². The molecule has 5 rings (SSSR count). The third-order valence-electron chi connectivity index (χ3n) is 4.60. The molecule has 0 fully saturated rings. The molecule has 0 spiro atoms. The highest BCUT2D eigenvalue weighted by molar-refractivity contribution is 7.14. The van der Waals surface area contributed by atoms with Crippen molar-refractivity contribution < 1.29 is 9.53 Å². The van der Waals surface area contributed by atoms with E-state index < -0.39 is 0 Å². The molecular weight excluding hydrogens is 358 g/mol. The molecule has 2 aromatic carbocycles. The lowest BCUT2D eigenvalue weighted by Gasteiger charge is -2.05. The number of nitrogens with zero attached hydrogens (tertiary/aromatic N) is 2. The summed E-state index contributed by atoms with van der Waals surface area (Å²) in [6, 6.07) is 15.4. The monoisotopic (exact) mass is 373 g/mol. The zero-order valence-electron chi connectivity index (χ0n) is 14.3. The van der Waals surface area contributed by atoms with Crippen LogP contribution < -0.4 is 10.1 Å². The Hall–Kier alpha value is -3.25. The molecule has 0 atom stereocenters. The lowest BCUT2D eigenvalue weighted by molar-refractivity contribution is 0.102. The van der Waals surface area contributed by atoms with E-state index in [9.17, 15) is 4.79 Å². The van der Waals surface area contributed by atoms with Crippen LogP contribution in [-0.2, 0) is 6.42 Å². The van der Waals surface area contributed by atoms with Crippen LogP contribution in [0.1, 0.15) is 15.9 Å². The average molecular weight is 373 g/mol. The van der Waals surface area contributed by atoms with Gasteiger partial charge in [-0.3, -0.25) is 15.1 Å². The first-order valence-corrected chi connectivity index (χ1v) is 9.53. The quantitative estimate of drug-likeness (QED) is 0.572. The number of carbonyl (C=O) groups excluding carboxylic acids is 1. The van der Waals surface area contributed by atoms with Crippen LogP contribution in [0.4, 0.5) is 5.13 Å². The van der Waals surface area contributed by atoms with E-state index >= 15 is 0 Å². The van der Waals surface area contributed by atoms with Gasteiger partial charge in [0.1, 0.15) is 5.75 Å². The minimum absolute atomic E-state index is 0.183. The summed E-state index contributed by atoms with van der Waals surface area (Å²) in [5, 5.41) is 6.27. The second-order valence-electron chi connectivity index (χ2n) is 6.29. The van der Waals surface area contributed by atoms with Gasteiger partial charge < -0.3 is 4.74 Å². The number of hydrogen-bond acceptors (Lipinski definition) is 5. The number of benzene rings is 2. The Morgan fingerprint density at radius 3 is 3.07 bits per heavy atom. The highest BCUT2D eigenvalue weighted by Gasteiger charge is 2.15. The Kier molecular flexibility index (Phi) is 3.83. The van der Waals surface area contributed by atoms with Gasteiger partial charge in [0.05, 0.1) is 17.8 Å². The van der Waals surface area contributed by atoms with Gasteiger partial charge in [-0.15, -0.1) is 11.3 Å². The van der Waals surface area contributed by atoms with E-state index in [4.69, 9.17) is 4.74 Å². The fraction of sp³-hybridized carbons (Fsp3) is 0.0952. The summed E-state index contributed by atoms with van der Waals surface area (Å²) in [7, 11) is 0. The summed E-state index contributed by atoms with van der Waals surface area (Å²) in [5.74, 6) is 0.768. The zero-order chi connectivity index (χ0) is 18.2. The molecule has 132 valence electrons. The Morgan fingerprint density at radius 1 is 1.15 bits per heavy atom. The zero-order valence-corrected chi connectivity index (χ0v) is 15.1. The fourth-order valence-electron chi connectivity index (χ4n) is 3.28. The van der Waals surface area contributed by atoms with Crippen molar-refractivity contribution in [1.82, 2.24) is 9.97 Å². The first kappa shape index (κ1) is 16.0. The number of hydrogen-bond donors (Lipinski definition) is 1. The van der Waals surface area contributed by atoms with Crippen LogP contribution in [0.15, 0.2) is 60.1 Å². The van der Waals surface area contributed by atoms with Crippen LogP contribution in [0.25, 0.3) is 22.2 Å². The molecule has 0 aliphatic carbocycles. The highest BCUT2D eigenvalue weighted by atomic mass is 32.1. The van der Waals surface area contributed by atoms with Gasteiger partial charge >= 0.3 is 0 Å². The molecule has 27 heavy (non-hydrogen) atoms. The molecule has 1 amide bonds. The molecule has 0 bridgehead atoms. The highest BCUT2D eigenvalue weighted by Crippen LogP contribution is 2.32. The predicted octanol–water partition coefficient (Wildman–Crippen LogP) is 4.55. The van der Waals surface area contributed by atoms with Crippen LogP contribution >= 0.6 is 11.3 Å². The topological polar surface area (TPSA) is 64.1 Å². The van der Waals surface area contributed by atoms with E-state index in [1.165, 1.54) is 16.9 Å². The lowest BCUT2D eigenvalue weighted by atomic mass is 10.1. The number of thiazole rings is 1. The normalized spacial score (nSPS) is 12.6. The lowest BCUT2D eigenvalue weighted by Crippen LogP contribution is -2.12. The Balaban J connectivity index is 1.41. The third kappa shape index (κ3) is 2.94. The number of anilines is 1. The first-order valence-electron chi connectivity index (χ1n) is 8.65. The van der Waals surface area contributed by atoms with Gasteiger partial charge in [-0.05, 0) is 42.0 Å². The smallest absolute Gasteiger partial charge is 0.258 e. The van der Waals surface area contributed by atoms with Crippen molar-refractivity contribution in [3.05, 3.63) is 71.2 Å². The van der Waals surface area contributed by atoms with Crippen molar-refractivity contribution in [2.24, 2.45) is 0 Å². The number of ether oxygens (including phenoxy) is 1. The van der Waals surface area contributed by atoms with Crippen LogP contribution in [-0.4, -0.2) is 22.5 Å². The average Bonchev–Trinajstić information content (AvgIpc) is 3.36. The van der Waals surface area contributed by atoms with E-state index in [0.717, 1.165) is 40.9 Å². The molecule has 0 saturated carbocycles. The number of aromatic nitrogens is 2. The van der Waals surface area contributed by atoms with E-state index in [1.807, 2.05) is 41.8 Å². The van der Waals surface area contributed by atoms with Gasteiger partial charge in [-0.1, -0.05) is 12.1 Å². The van der Waals surface area contributed by atoms with Gasteiger partial charge in [0.15, 0.2) is 5.13 Å². The molecule has 6 heteroatoms. The minimum Gasteiger partial charge on any atom is -0.493 e. The second-order valence-corrected chi connectivity index (χ2v) is 7.15. The Labute approximate surface area is 159 Å². The number of rotatable bonds is 3. The standard InChI is InChI=1S/C21H15N3O2S/c25-20(16-3-1-5-17-15(16)4-2-9-22-17)24-21-23-18(12-27-21)13-6-7-19-14(11-13)8-10-26-19/h1-7,9,11-12H,8,10H2,(H,23,24,25). The second kappa shape index (κ2) is 6.48. The largest absolute Gasteiger partial charge is 0.493 e. The predicted molar refractivity (Wildman–Crippen MR) is 106 cm³/mol. The summed E-state index contributed by atoms with van der Waals surface area (Å²) in [4.78, 5) is 21.6. The van der Waals surface area contributed by atoms with Gasteiger partial charge in [0, 0.05) is 34.5 Å². The first-order chi connectivity index (χ1) is 13.3. The van der Waals surface area contributed by atoms with Crippen molar-refractivity contribution in [2.45, 2.75) is 6.42 Å². The maximum atomic E-state index is 12.7. The molecule has 0 unspecified atom stereocenters. The molecule has 3 heterocycles. The number of amides is 1. The third-order valence-corrected chi connectivity index (χ3v) is 5.36. The maximum Gasteiger partial charge on any atom is 0.258 e. The van der Waals surface area contributed by atoms with Crippen molar-refractivity contribution in [3.63, 3.8) is 0 Å². The summed E-state index contributed by atoms with van der Waals surface area (Å²) in [6.45, 7) is 0.733. The molecule has 4 aromatic rings. The molecule has 1 aliphatic heterocycles. The molecule has 2 aromatic heterocycles. The van der Waals surface area contributed by atoms with Crippen LogP contribution in [0.5, 0.6) is 5.75 Å². The van der Waals surface area contributed by atoms with Gasteiger partial charge in [-0.25, -0.2) is 4.98 Å². The number of pyridine rings is 1. The molecule has 0 saturated heterocycles. The van der Waals surface area contributed by atoms with E-state index in [2.05, 4.69) is 21.4 Å². The van der Waals surface area contributed by atoms with Gasteiger partial charge in [0.2, 0.25) is 0 Å². The molecule has 5 nitrogen and oxygen atoms in total. The minimum atomic E-state index is -0.183. The SMILES string of the molecule is O=C(Nc1nc(-c2ccc3c(c2)CCO3)cs1)c1cccc2ncccc12.